The van der Waals surface area contributed by atoms with E-state index in [9.17, 15) is 0 Å². The van der Waals surface area contributed by atoms with Crippen molar-refractivity contribution in [2.24, 2.45) is 0 Å². The van der Waals surface area contributed by atoms with Crippen molar-refractivity contribution in [2.75, 3.05) is 31.1 Å². The molecule has 1 aliphatic heterocycles. The summed E-state index contributed by atoms with van der Waals surface area (Å²) in [5.74, 6) is 0.825. The van der Waals surface area contributed by atoms with E-state index in [-0.39, 0.29) is 0 Å². The highest BCUT2D eigenvalue weighted by molar-refractivity contribution is 5.47. The number of anilines is 1. The summed E-state index contributed by atoms with van der Waals surface area (Å²) in [7, 11) is 0. The van der Waals surface area contributed by atoms with Crippen LogP contribution in [0.3, 0.4) is 0 Å². The number of aryl methyl sites for hydroxylation is 2. The van der Waals surface area contributed by atoms with Crippen LogP contribution in [0.15, 0.2) is 34.9 Å². The molecule has 0 bridgehead atoms. The molecule has 4 heteroatoms. The Morgan fingerprint density at radius 2 is 1.75 bits per heavy atom. The summed E-state index contributed by atoms with van der Waals surface area (Å²) < 4.78 is 5.43. The fraction of sp³-hybridized carbons (Fsp3) is 0.438. The monoisotopic (exact) mass is 271 g/mol. The van der Waals surface area contributed by atoms with Crippen LogP contribution >= 0.6 is 0 Å². The summed E-state index contributed by atoms with van der Waals surface area (Å²) in [5, 5.41) is 0. The molecule has 2 heterocycles. The zero-order chi connectivity index (χ0) is 13.9. The van der Waals surface area contributed by atoms with E-state index in [2.05, 4.69) is 46.0 Å². The summed E-state index contributed by atoms with van der Waals surface area (Å²) >= 11 is 0. The van der Waals surface area contributed by atoms with Gasteiger partial charge in [0.1, 0.15) is 6.26 Å². The molecular weight excluding hydrogens is 250 g/mol. The van der Waals surface area contributed by atoms with Crippen molar-refractivity contribution >= 4 is 5.69 Å². The summed E-state index contributed by atoms with van der Waals surface area (Å²) in [6, 6.07) is 8.78. The lowest BCUT2D eigenvalue weighted by Crippen LogP contribution is -2.46. The highest BCUT2D eigenvalue weighted by Gasteiger charge is 2.18. The van der Waals surface area contributed by atoms with Crippen LogP contribution in [0.1, 0.15) is 17.1 Å². The van der Waals surface area contributed by atoms with Crippen LogP contribution < -0.4 is 4.90 Å². The van der Waals surface area contributed by atoms with E-state index in [0.29, 0.717) is 0 Å². The average Bonchev–Trinajstić information content (AvgIpc) is 2.86. The van der Waals surface area contributed by atoms with Gasteiger partial charge in [-0.2, -0.15) is 0 Å². The van der Waals surface area contributed by atoms with E-state index in [4.69, 9.17) is 4.42 Å². The van der Waals surface area contributed by atoms with Gasteiger partial charge in [0.2, 0.25) is 5.89 Å². The lowest BCUT2D eigenvalue weighted by Gasteiger charge is -2.35. The highest BCUT2D eigenvalue weighted by atomic mass is 16.3. The minimum absolute atomic E-state index is 0.815. The topological polar surface area (TPSA) is 32.5 Å². The molecule has 1 aromatic carbocycles. The van der Waals surface area contributed by atoms with Gasteiger partial charge in [0.15, 0.2) is 0 Å². The highest BCUT2D eigenvalue weighted by Crippen LogP contribution is 2.17. The lowest BCUT2D eigenvalue weighted by atomic mass is 10.2. The molecule has 0 atom stereocenters. The molecule has 0 spiro atoms. The van der Waals surface area contributed by atoms with Gasteiger partial charge in [-0.1, -0.05) is 17.7 Å². The number of piperazine rings is 1. The van der Waals surface area contributed by atoms with E-state index in [1.807, 2.05) is 6.92 Å². The second-order valence-corrected chi connectivity index (χ2v) is 5.48. The molecule has 1 fully saturated rings. The normalized spacial score (nSPS) is 16.6. The van der Waals surface area contributed by atoms with Crippen LogP contribution in [-0.2, 0) is 6.54 Å². The first kappa shape index (κ1) is 13.2. The molecule has 0 N–H and O–H groups in total. The minimum Gasteiger partial charge on any atom is -0.447 e. The lowest BCUT2D eigenvalue weighted by molar-refractivity contribution is 0.226. The zero-order valence-electron chi connectivity index (χ0n) is 12.2. The fourth-order valence-corrected chi connectivity index (χ4v) is 2.59. The maximum Gasteiger partial charge on any atom is 0.208 e. The van der Waals surface area contributed by atoms with Crippen molar-refractivity contribution < 1.29 is 4.42 Å². The smallest absolute Gasteiger partial charge is 0.208 e. The van der Waals surface area contributed by atoms with Crippen LogP contribution in [0, 0.1) is 13.8 Å². The van der Waals surface area contributed by atoms with Crippen molar-refractivity contribution in [3.05, 3.63) is 47.7 Å². The van der Waals surface area contributed by atoms with E-state index >= 15 is 0 Å². The van der Waals surface area contributed by atoms with Gasteiger partial charge in [0.25, 0.3) is 0 Å². The predicted octanol–water partition coefficient (Wildman–Crippen LogP) is 2.61. The first-order valence-electron chi connectivity index (χ1n) is 7.16. The molecule has 0 aliphatic carbocycles. The van der Waals surface area contributed by atoms with E-state index in [1.165, 1.54) is 11.3 Å². The zero-order valence-corrected chi connectivity index (χ0v) is 12.2. The van der Waals surface area contributed by atoms with Gasteiger partial charge >= 0.3 is 0 Å². The van der Waals surface area contributed by atoms with E-state index in [1.54, 1.807) is 6.26 Å². The quantitative estimate of drug-likeness (QED) is 0.859. The molecule has 0 unspecified atom stereocenters. The average molecular weight is 271 g/mol. The van der Waals surface area contributed by atoms with Crippen LogP contribution in [0.2, 0.25) is 0 Å². The molecule has 0 amide bonds. The number of hydrogen-bond donors (Lipinski definition) is 0. The van der Waals surface area contributed by atoms with Crippen molar-refractivity contribution in [2.45, 2.75) is 20.4 Å². The molecule has 1 aliphatic rings. The van der Waals surface area contributed by atoms with Gasteiger partial charge in [-0.15, -0.1) is 0 Å². The van der Waals surface area contributed by atoms with Gasteiger partial charge in [-0.25, -0.2) is 4.98 Å². The largest absolute Gasteiger partial charge is 0.447 e. The number of oxazole rings is 1. The summed E-state index contributed by atoms with van der Waals surface area (Å²) in [5.41, 5.74) is 3.59. The molecule has 0 saturated carbocycles. The van der Waals surface area contributed by atoms with Gasteiger partial charge in [0, 0.05) is 31.9 Å². The Morgan fingerprint density at radius 1 is 1.05 bits per heavy atom. The maximum atomic E-state index is 5.43. The molecule has 20 heavy (non-hydrogen) atoms. The molecule has 3 rings (SSSR count). The molecule has 1 aromatic heterocycles. The predicted molar refractivity (Wildman–Crippen MR) is 79.9 cm³/mol. The Morgan fingerprint density at radius 3 is 2.35 bits per heavy atom. The van der Waals surface area contributed by atoms with Crippen molar-refractivity contribution in [3.63, 3.8) is 0 Å². The number of aromatic nitrogens is 1. The first-order valence-corrected chi connectivity index (χ1v) is 7.16. The SMILES string of the molecule is Cc1ccc(N2CCN(Cc3nc(C)co3)CC2)cc1. The van der Waals surface area contributed by atoms with Crippen LogP contribution in [-0.4, -0.2) is 36.1 Å². The molecule has 0 radical (unpaired) electrons. The van der Waals surface area contributed by atoms with E-state index in [0.717, 1.165) is 44.3 Å². The Bertz CT molecular complexity index is 553. The Balaban J connectivity index is 1.55. The van der Waals surface area contributed by atoms with Crippen molar-refractivity contribution in [1.82, 2.24) is 9.88 Å². The third kappa shape index (κ3) is 3.02. The molecule has 2 aromatic rings. The molecule has 106 valence electrons. The van der Waals surface area contributed by atoms with Gasteiger partial charge < -0.3 is 9.32 Å². The fourth-order valence-electron chi connectivity index (χ4n) is 2.59. The summed E-state index contributed by atoms with van der Waals surface area (Å²) in [6.45, 7) is 9.12. The second-order valence-electron chi connectivity index (χ2n) is 5.48. The summed E-state index contributed by atoms with van der Waals surface area (Å²) in [4.78, 5) is 9.21. The molecular formula is C16H21N3O. The van der Waals surface area contributed by atoms with Gasteiger partial charge in [0.05, 0.1) is 12.2 Å². The Labute approximate surface area is 120 Å². The summed E-state index contributed by atoms with van der Waals surface area (Å²) in [6.07, 6.45) is 1.72. The van der Waals surface area contributed by atoms with Gasteiger partial charge in [-0.3, -0.25) is 4.90 Å². The van der Waals surface area contributed by atoms with Crippen LogP contribution in [0.4, 0.5) is 5.69 Å². The van der Waals surface area contributed by atoms with E-state index < -0.39 is 0 Å². The number of nitrogens with zero attached hydrogens (tertiary/aromatic N) is 3. The van der Waals surface area contributed by atoms with Gasteiger partial charge in [-0.05, 0) is 26.0 Å². The number of hydrogen-bond acceptors (Lipinski definition) is 4. The number of benzene rings is 1. The van der Waals surface area contributed by atoms with Crippen LogP contribution in [0.25, 0.3) is 0 Å². The Hall–Kier alpha value is -1.81. The first-order chi connectivity index (χ1) is 9.70. The minimum atomic E-state index is 0.815. The van der Waals surface area contributed by atoms with Crippen molar-refractivity contribution in [1.29, 1.82) is 0 Å². The molecule has 4 nitrogen and oxygen atoms in total. The Kier molecular flexibility index (Phi) is 3.74. The number of rotatable bonds is 3. The third-order valence-corrected chi connectivity index (χ3v) is 3.80. The van der Waals surface area contributed by atoms with Crippen molar-refractivity contribution in [3.8, 4) is 0 Å². The maximum absolute atomic E-state index is 5.43. The molecule has 1 saturated heterocycles. The standard InChI is InChI=1S/C16H21N3O/c1-13-3-5-15(6-4-13)19-9-7-18(8-10-19)11-16-17-14(2)12-20-16/h3-6,12H,7-11H2,1-2H3. The van der Waals surface area contributed by atoms with Crippen LogP contribution in [0.5, 0.6) is 0 Å². The second kappa shape index (κ2) is 5.67. The third-order valence-electron chi connectivity index (χ3n) is 3.80.